The highest BCUT2D eigenvalue weighted by atomic mass is 35.5. The van der Waals surface area contributed by atoms with E-state index in [0.717, 1.165) is 16.6 Å². The van der Waals surface area contributed by atoms with Gasteiger partial charge in [-0.3, -0.25) is 0 Å². The quantitative estimate of drug-likeness (QED) is 0.359. The molecule has 2 rings (SSSR count). The van der Waals surface area contributed by atoms with Gasteiger partial charge in [0, 0.05) is 11.0 Å². The second-order valence-corrected chi connectivity index (χ2v) is 9.51. The van der Waals surface area contributed by atoms with E-state index < -0.39 is 0 Å². The van der Waals surface area contributed by atoms with Crippen LogP contribution < -0.4 is 10.2 Å². The fourth-order valence-corrected chi connectivity index (χ4v) is 3.18. The molecule has 0 amide bonds. The average Bonchev–Trinajstić information content (AvgIpc) is 2.71. The average molecular weight is 445 g/mol. The zero-order chi connectivity index (χ0) is 22.5. The Bertz CT molecular complexity index is 903. The molecule has 3 nitrogen and oxygen atoms in total. The minimum Gasteiger partial charge on any atom is -0.489 e. The van der Waals surface area contributed by atoms with Crippen LogP contribution in [0.3, 0.4) is 0 Å². The van der Waals surface area contributed by atoms with Gasteiger partial charge in [-0.25, -0.2) is 0 Å². The summed E-state index contributed by atoms with van der Waals surface area (Å²) in [5.41, 5.74) is 2.88. The molecule has 0 bridgehead atoms. The molecule has 2 aromatic carbocycles. The van der Waals surface area contributed by atoms with Crippen molar-refractivity contribution in [3.8, 4) is 11.8 Å². The van der Waals surface area contributed by atoms with Gasteiger partial charge in [0.15, 0.2) is 5.75 Å². The van der Waals surface area contributed by atoms with Crippen LogP contribution >= 0.6 is 23.2 Å². The molecular formula is C24H29BCl2NO2. The second kappa shape index (κ2) is 10.1. The van der Waals surface area contributed by atoms with Crippen molar-refractivity contribution in [3.05, 3.63) is 58.1 Å². The van der Waals surface area contributed by atoms with E-state index in [1.165, 1.54) is 0 Å². The monoisotopic (exact) mass is 444 g/mol. The lowest BCUT2D eigenvalue weighted by Gasteiger charge is -2.30. The molecule has 0 unspecified atom stereocenters. The minimum absolute atomic E-state index is 0.227. The van der Waals surface area contributed by atoms with Crippen LogP contribution in [0.2, 0.25) is 5.02 Å². The first-order valence-corrected chi connectivity index (χ1v) is 11.0. The van der Waals surface area contributed by atoms with E-state index in [4.69, 9.17) is 32.6 Å². The van der Waals surface area contributed by atoms with E-state index in [0.29, 0.717) is 34.7 Å². The van der Waals surface area contributed by atoms with Gasteiger partial charge < -0.3 is 9.39 Å². The molecule has 159 valence electrons. The van der Waals surface area contributed by atoms with Crippen LogP contribution in [0.5, 0.6) is 5.75 Å². The largest absolute Gasteiger partial charge is 0.489 e. The first kappa shape index (κ1) is 24.6. The second-order valence-electron chi connectivity index (χ2n) is 8.72. The summed E-state index contributed by atoms with van der Waals surface area (Å²) in [7, 11) is 1.81. The van der Waals surface area contributed by atoms with Crippen LogP contribution in [0.4, 0.5) is 0 Å². The van der Waals surface area contributed by atoms with Crippen molar-refractivity contribution in [2.24, 2.45) is 5.92 Å². The molecular weight excluding hydrogens is 416 g/mol. The molecule has 0 aliphatic carbocycles. The van der Waals surface area contributed by atoms with Gasteiger partial charge in [-0.15, -0.1) is 11.6 Å². The summed E-state index contributed by atoms with van der Waals surface area (Å²) in [5.74, 6) is 1.12. The zero-order valence-corrected chi connectivity index (χ0v) is 20.1. The number of nitrogens with zero attached hydrogens (tertiary/aromatic N) is 1. The Labute approximate surface area is 191 Å². The Morgan fingerprint density at radius 1 is 1.07 bits per heavy atom. The third-order valence-electron chi connectivity index (χ3n) is 5.73. The molecule has 2 aromatic rings. The lowest BCUT2D eigenvalue weighted by atomic mass is 9.76. The van der Waals surface area contributed by atoms with Crippen LogP contribution in [0.1, 0.15) is 58.2 Å². The van der Waals surface area contributed by atoms with Crippen molar-refractivity contribution in [1.29, 1.82) is 5.26 Å². The van der Waals surface area contributed by atoms with Gasteiger partial charge in [-0.05, 0) is 43.0 Å². The predicted octanol–water partition coefficient (Wildman–Crippen LogP) is 5.85. The summed E-state index contributed by atoms with van der Waals surface area (Å²) < 4.78 is 11.5. The molecule has 0 saturated heterocycles. The third-order valence-corrected chi connectivity index (χ3v) is 6.17. The van der Waals surface area contributed by atoms with Gasteiger partial charge in [0.2, 0.25) is 0 Å². The van der Waals surface area contributed by atoms with Gasteiger partial charge in [0.25, 0.3) is 0 Å². The molecule has 0 aliphatic heterocycles. The molecule has 0 aliphatic rings. The fraction of sp³-hybridized carbons (Fsp3) is 0.458. The topological polar surface area (TPSA) is 42.2 Å². The summed E-state index contributed by atoms with van der Waals surface area (Å²) in [4.78, 5) is 0. The molecule has 6 heteroatoms. The number of halogens is 2. The Balaban J connectivity index is 2.27. The Morgan fingerprint density at radius 3 is 2.23 bits per heavy atom. The Morgan fingerprint density at radius 2 is 1.70 bits per heavy atom. The molecule has 0 fully saturated rings. The number of alkyl halides is 1. The molecule has 0 aromatic heterocycles. The number of benzene rings is 2. The maximum absolute atomic E-state index is 9.56. The van der Waals surface area contributed by atoms with Crippen molar-refractivity contribution in [2.75, 3.05) is 12.5 Å². The number of rotatable bonds is 9. The van der Waals surface area contributed by atoms with E-state index in [2.05, 4.69) is 59.7 Å². The van der Waals surface area contributed by atoms with E-state index in [9.17, 15) is 5.26 Å². The van der Waals surface area contributed by atoms with E-state index >= 15 is 0 Å². The van der Waals surface area contributed by atoms with Gasteiger partial charge in [0.1, 0.15) is 12.7 Å². The minimum atomic E-state index is -0.350. The predicted molar refractivity (Wildman–Crippen MR) is 126 cm³/mol. The summed E-state index contributed by atoms with van der Waals surface area (Å²) in [5, 5.41) is 9.98. The van der Waals surface area contributed by atoms with Crippen molar-refractivity contribution >= 4 is 36.1 Å². The summed E-state index contributed by atoms with van der Waals surface area (Å²) in [6, 6.07) is 14.1. The number of ether oxygens (including phenoxy) is 1. The molecule has 30 heavy (non-hydrogen) atoms. The number of hydrogen-bond donors (Lipinski definition) is 0. The Hall–Kier alpha value is -1.67. The van der Waals surface area contributed by atoms with Crippen LogP contribution in [0, 0.1) is 17.2 Å². The van der Waals surface area contributed by atoms with E-state index in [1.807, 2.05) is 31.7 Å². The van der Waals surface area contributed by atoms with Crippen molar-refractivity contribution < 1.29 is 9.39 Å². The van der Waals surface area contributed by atoms with Crippen molar-refractivity contribution in [1.82, 2.24) is 0 Å². The van der Waals surface area contributed by atoms with E-state index in [1.54, 1.807) is 0 Å². The van der Waals surface area contributed by atoms with Crippen LogP contribution in [0.25, 0.3) is 0 Å². The van der Waals surface area contributed by atoms with E-state index in [-0.39, 0.29) is 11.0 Å². The highest BCUT2D eigenvalue weighted by Gasteiger charge is 2.27. The lowest BCUT2D eigenvalue weighted by molar-refractivity contribution is 0.0668. The maximum atomic E-state index is 9.56. The van der Waals surface area contributed by atoms with Gasteiger partial charge in [-0.1, -0.05) is 69.0 Å². The molecule has 0 N–H and O–H groups in total. The SMILES string of the molecule is CC(C)C(C)(C)O[B]c1ccc(C(C)(C)c2cc(Cl)c(OCCCl)c(C#N)c2)cc1. The van der Waals surface area contributed by atoms with Crippen LogP contribution in [-0.4, -0.2) is 25.6 Å². The van der Waals surface area contributed by atoms with Gasteiger partial charge in [-0.2, -0.15) is 5.26 Å². The summed E-state index contributed by atoms with van der Waals surface area (Å²) in [6.45, 7) is 13.0. The smallest absolute Gasteiger partial charge is 0.330 e. The highest BCUT2D eigenvalue weighted by Crippen LogP contribution is 2.38. The standard InChI is InChI=1S/C24H29BCl2NO2/c1-16(2)24(5,6)30-25-20-9-7-18(8-10-20)23(3,4)19-13-17(15-28)22(21(27)14-19)29-12-11-26/h7-10,13-14,16H,11-12H2,1-6H3. The zero-order valence-electron chi connectivity index (χ0n) is 18.6. The normalized spacial score (nSPS) is 12.0. The van der Waals surface area contributed by atoms with Crippen molar-refractivity contribution in [3.63, 3.8) is 0 Å². The number of hydrogen-bond acceptors (Lipinski definition) is 3. The lowest BCUT2D eigenvalue weighted by Crippen LogP contribution is -2.36. The molecule has 0 heterocycles. The first-order valence-electron chi connectivity index (χ1n) is 10.1. The fourth-order valence-electron chi connectivity index (χ4n) is 2.83. The molecule has 1 radical (unpaired) electrons. The van der Waals surface area contributed by atoms with Crippen molar-refractivity contribution in [2.45, 2.75) is 52.6 Å². The number of nitriles is 1. The van der Waals surface area contributed by atoms with Gasteiger partial charge >= 0.3 is 7.48 Å². The highest BCUT2D eigenvalue weighted by molar-refractivity contribution is 6.47. The Kier molecular flexibility index (Phi) is 8.28. The van der Waals surface area contributed by atoms with Gasteiger partial charge in [0.05, 0.1) is 16.5 Å². The summed E-state index contributed by atoms with van der Waals surface area (Å²) in [6.07, 6.45) is 0. The molecule has 0 saturated carbocycles. The summed E-state index contributed by atoms with van der Waals surface area (Å²) >= 11 is 12.1. The van der Waals surface area contributed by atoms with Crippen LogP contribution in [-0.2, 0) is 10.1 Å². The third kappa shape index (κ3) is 5.73. The first-order chi connectivity index (χ1) is 14.0. The van der Waals surface area contributed by atoms with Crippen LogP contribution in [0.15, 0.2) is 36.4 Å². The maximum Gasteiger partial charge on any atom is 0.330 e. The molecule has 0 spiro atoms. The molecule has 0 atom stereocenters.